The molecular formula is C14H27NO2. The van der Waals surface area contributed by atoms with Crippen molar-refractivity contribution in [3.8, 4) is 0 Å². The van der Waals surface area contributed by atoms with Gasteiger partial charge in [0.25, 0.3) is 0 Å². The topological polar surface area (TPSA) is 29.5 Å². The Morgan fingerprint density at radius 3 is 1.65 bits per heavy atom. The van der Waals surface area contributed by atoms with Crippen molar-refractivity contribution in [2.45, 2.75) is 66.5 Å². The lowest BCUT2D eigenvalue weighted by atomic mass is 9.63. The SMILES string of the molecule is CC(=O)ON1C(C)(C)C(C)C(C)C(C)C1(C)C. The summed E-state index contributed by atoms with van der Waals surface area (Å²) in [4.78, 5) is 16.8. The molecule has 1 fully saturated rings. The number of piperidine rings is 1. The monoisotopic (exact) mass is 241 g/mol. The Kier molecular flexibility index (Phi) is 3.64. The minimum atomic E-state index is -0.236. The molecule has 0 saturated carbocycles. The number of rotatable bonds is 1. The van der Waals surface area contributed by atoms with Crippen molar-refractivity contribution in [2.75, 3.05) is 0 Å². The van der Waals surface area contributed by atoms with Gasteiger partial charge in [-0.05, 0) is 45.4 Å². The van der Waals surface area contributed by atoms with Crippen molar-refractivity contribution in [3.63, 3.8) is 0 Å². The molecule has 2 atom stereocenters. The first-order valence-electron chi connectivity index (χ1n) is 6.51. The summed E-state index contributed by atoms with van der Waals surface area (Å²) < 4.78 is 0. The molecule has 0 spiro atoms. The van der Waals surface area contributed by atoms with Gasteiger partial charge in [0.1, 0.15) is 0 Å². The largest absolute Gasteiger partial charge is 0.367 e. The number of carbonyl (C=O) groups excluding carboxylic acids is 1. The molecule has 1 aliphatic heterocycles. The zero-order valence-corrected chi connectivity index (χ0v) is 12.5. The molecule has 0 radical (unpaired) electrons. The molecule has 0 aliphatic carbocycles. The summed E-state index contributed by atoms with van der Waals surface area (Å²) in [5.74, 6) is 1.32. The molecule has 0 aromatic rings. The summed E-state index contributed by atoms with van der Waals surface area (Å²) >= 11 is 0. The minimum absolute atomic E-state index is 0.138. The molecule has 1 aliphatic rings. The van der Waals surface area contributed by atoms with Gasteiger partial charge in [0.05, 0.1) is 11.1 Å². The van der Waals surface area contributed by atoms with Crippen LogP contribution < -0.4 is 0 Å². The Bertz CT molecular complexity index is 287. The number of hydroxylamine groups is 2. The van der Waals surface area contributed by atoms with Gasteiger partial charge in [-0.3, -0.25) is 4.79 Å². The molecule has 17 heavy (non-hydrogen) atoms. The molecule has 0 aromatic heterocycles. The summed E-state index contributed by atoms with van der Waals surface area (Å²) in [5, 5.41) is 1.91. The molecule has 3 heteroatoms. The Balaban J connectivity index is 3.16. The van der Waals surface area contributed by atoms with Crippen LogP contribution in [0, 0.1) is 17.8 Å². The highest BCUT2D eigenvalue weighted by molar-refractivity contribution is 5.65. The van der Waals surface area contributed by atoms with Crippen molar-refractivity contribution in [1.29, 1.82) is 0 Å². The van der Waals surface area contributed by atoms with E-state index in [0.29, 0.717) is 17.8 Å². The number of hydrogen-bond donors (Lipinski definition) is 0. The molecule has 0 amide bonds. The maximum Gasteiger partial charge on any atom is 0.322 e. The van der Waals surface area contributed by atoms with E-state index in [0.717, 1.165) is 0 Å². The van der Waals surface area contributed by atoms with E-state index in [2.05, 4.69) is 48.5 Å². The van der Waals surface area contributed by atoms with E-state index in [9.17, 15) is 4.79 Å². The second-order valence-electron chi connectivity index (χ2n) is 6.62. The predicted octanol–water partition coefficient (Wildman–Crippen LogP) is 3.25. The van der Waals surface area contributed by atoms with Crippen molar-refractivity contribution in [3.05, 3.63) is 0 Å². The van der Waals surface area contributed by atoms with Gasteiger partial charge in [-0.15, -0.1) is 5.06 Å². The summed E-state index contributed by atoms with van der Waals surface area (Å²) in [7, 11) is 0. The lowest BCUT2D eigenvalue weighted by molar-refractivity contribution is -0.295. The van der Waals surface area contributed by atoms with Gasteiger partial charge in [0.2, 0.25) is 0 Å². The van der Waals surface area contributed by atoms with Gasteiger partial charge in [-0.25, -0.2) is 0 Å². The molecule has 2 unspecified atom stereocenters. The normalized spacial score (nSPS) is 36.6. The zero-order chi connectivity index (χ0) is 13.6. The first-order chi connectivity index (χ1) is 7.52. The molecule has 0 aromatic carbocycles. The molecule has 0 bridgehead atoms. The number of nitrogens with zero attached hydrogens (tertiary/aromatic N) is 1. The van der Waals surface area contributed by atoms with Gasteiger partial charge in [-0.1, -0.05) is 20.8 Å². The standard InChI is InChI=1S/C14H27NO2/c1-9-10(2)13(5,6)15(17-12(4)16)14(7,8)11(9)3/h9-11H,1-8H3. The second kappa shape index (κ2) is 4.27. The summed E-state index contributed by atoms with van der Waals surface area (Å²) in [6.45, 7) is 16.9. The Morgan fingerprint density at radius 2 is 1.35 bits per heavy atom. The minimum Gasteiger partial charge on any atom is -0.367 e. The van der Waals surface area contributed by atoms with Crippen LogP contribution in [0.3, 0.4) is 0 Å². The van der Waals surface area contributed by atoms with Crippen LogP contribution in [0.2, 0.25) is 0 Å². The molecule has 1 heterocycles. The van der Waals surface area contributed by atoms with Crippen LogP contribution in [0.5, 0.6) is 0 Å². The molecule has 100 valence electrons. The average Bonchev–Trinajstić information content (AvgIpc) is 2.20. The molecule has 0 N–H and O–H groups in total. The smallest absolute Gasteiger partial charge is 0.322 e. The highest BCUT2D eigenvalue weighted by atomic mass is 16.7. The second-order valence-corrected chi connectivity index (χ2v) is 6.62. The van der Waals surface area contributed by atoms with Gasteiger partial charge >= 0.3 is 5.97 Å². The summed E-state index contributed by atoms with van der Waals surface area (Å²) in [6.07, 6.45) is 0. The van der Waals surface area contributed by atoms with Crippen LogP contribution >= 0.6 is 0 Å². The van der Waals surface area contributed by atoms with E-state index in [-0.39, 0.29) is 17.0 Å². The summed E-state index contributed by atoms with van der Waals surface area (Å²) in [5.41, 5.74) is -0.276. The zero-order valence-electron chi connectivity index (χ0n) is 12.5. The van der Waals surface area contributed by atoms with E-state index in [1.54, 1.807) is 0 Å². The fourth-order valence-electron chi connectivity index (χ4n) is 3.20. The highest BCUT2D eigenvalue weighted by Crippen LogP contribution is 2.48. The van der Waals surface area contributed by atoms with Gasteiger partial charge in [-0.2, -0.15) is 0 Å². The van der Waals surface area contributed by atoms with Crippen molar-refractivity contribution in [1.82, 2.24) is 5.06 Å². The Labute approximate surface area is 105 Å². The maximum absolute atomic E-state index is 11.3. The van der Waals surface area contributed by atoms with Crippen LogP contribution in [0.1, 0.15) is 55.4 Å². The van der Waals surface area contributed by atoms with Crippen LogP contribution in [-0.2, 0) is 9.63 Å². The Morgan fingerprint density at radius 1 is 1.00 bits per heavy atom. The van der Waals surface area contributed by atoms with Crippen molar-refractivity contribution < 1.29 is 9.63 Å². The van der Waals surface area contributed by atoms with Crippen molar-refractivity contribution in [2.24, 2.45) is 17.8 Å². The number of carbonyl (C=O) groups is 1. The maximum atomic E-state index is 11.3. The number of hydrogen-bond acceptors (Lipinski definition) is 3. The molecular weight excluding hydrogens is 214 g/mol. The van der Waals surface area contributed by atoms with Crippen LogP contribution in [-0.4, -0.2) is 22.1 Å². The third kappa shape index (κ3) is 2.22. The summed E-state index contributed by atoms with van der Waals surface area (Å²) in [6, 6.07) is 0. The van der Waals surface area contributed by atoms with Crippen molar-refractivity contribution >= 4 is 5.97 Å². The molecule has 1 saturated heterocycles. The van der Waals surface area contributed by atoms with Crippen LogP contribution in [0.25, 0.3) is 0 Å². The fourth-order valence-corrected chi connectivity index (χ4v) is 3.20. The third-order valence-electron chi connectivity index (χ3n) is 5.07. The highest BCUT2D eigenvalue weighted by Gasteiger charge is 2.54. The molecule has 1 rings (SSSR count). The van der Waals surface area contributed by atoms with E-state index in [1.165, 1.54) is 6.92 Å². The average molecular weight is 241 g/mol. The lowest BCUT2D eigenvalue weighted by Gasteiger charge is -2.59. The van der Waals surface area contributed by atoms with Crippen LogP contribution in [0.4, 0.5) is 0 Å². The van der Waals surface area contributed by atoms with E-state index >= 15 is 0 Å². The first kappa shape index (κ1) is 14.5. The van der Waals surface area contributed by atoms with Gasteiger partial charge in [0, 0.05) is 6.92 Å². The van der Waals surface area contributed by atoms with E-state index in [1.807, 2.05) is 5.06 Å². The quantitative estimate of drug-likeness (QED) is 0.706. The van der Waals surface area contributed by atoms with E-state index in [4.69, 9.17) is 4.84 Å². The predicted molar refractivity (Wildman–Crippen MR) is 69.3 cm³/mol. The van der Waals surface area contributed by atoms with Crippen LogP contribution in [0.15, 0.2) is 0 Å². The fraction of sp³-hybridized carbons (Fsp3) is 0.929. The van der Waals surface area contributed by atoms with Gasteiger partial charge in [0.15, 0.2) is 0 Å². The molecule has 3 nitrogen and oxygen atoms in total. The lowest BCUT2D eigenvalue weighted by Crippen LogP contribution is -2.67. The Hall–Kier alpha value is -0.570. The van der Waals surface area contributed by atoms with E-state index < -0.39 is 0 Å². The van der Waals surface area contributed by atoms with Gasteiger partial charge < -0.3 is 4.84 Å². The first-order valence-corrected chi connectivity index (χ1v) is 6.51. The third-order valence-corrected chi connectivity index (χ3v) is 5.07.